The van der Waals surface area contributed by atoms with Gasteiger partial charge >= 0.3 is 0 Å². The quantitative estimate of drug-likeness (QED) is 0.502. The van der Waals surface area contributed by atoms with E-state index in [0.717, 1.165) is 41.7 Å². The monoisotopic (exact) mass is 444 g/mol. The zero-order valence-electron chi connectivity index (χ0n) is 19.7. The molecule has 0 saturated heterocycles. The van der Waals surface area contributed by atoms with Gasteiger partial charge in [-0.1, -0.05) is 62.8 Å². The summed E-state index contributed by atoms with van der Waals surface area (Å²) in [5.74, 6) is 0.537. The van der Waals surface area contributed by atoms with Crippen LogP contribution < -0.4 is 0 Å². The van der Waals surface area contributed by atoms with E-state index >= 15 is 0 Å². The van der Waals surface area contributed by atoms with Crippen LogP contribution in [0.25, 0.3) is 0 Å². The highest BCUT2D eigenvalue weighted by Crippen LogP contribution is 2.55. The lowest BCUT2D eigenvalue weighted by Crippen LogP contribution is -2.30. The van der Waals surface area contributed by atoms with E-state index in [9.17, 15) is 14.4 Å². The topological polar surface area (TPSA) is 57.5 Å². The van der Waals surface area contributed by atoms with Crippen molar-refractivity contribution < 1.29 is 14.4 Å². The highest BCUT2D eigenvalue weighted by atomic mass is 32.2. The standard InChI is InChI=1S/C27H40O3S/c1-18(2)31(30)19(3)8-6-10-23-13-14-25-21(9-7-15-27(23,25)5)11-12-22-16-24(28)17-26(29)20(22)4/h8,11-13,18,24-26,28-29H,4,6-7,9-10,14-17H2,1-3,5H3/b19-8+,21-11+,22-12-. The van der Waals surface area contributed by atoms with Crippen LogP contribution in [0.4, 0.5) is 0 Å². The third-order valence-electron chi connectivity index (χ3n) is 7.57. The molecule has 3 rings (SSSR count). The SMILES string of the molecule is C=C1/C(=C\C=C2/CCCC3(C)C(CC/C=C(\C)S(=O)C(C)C)=CCC23)CC(O)CC1O. The van der Waals surface area contributed by atoms with Crippen LogP contribution in [0.1, 0.15) is 79.1 Å². The van der Waals surface area contributed by atoms with Gasteiger partial charge in [-0.3, -0.25) is 4.21 Å². The van der Waals surface area contributed by atoms with Crippen LogP contribution in [0.3, 0.4) is 0 Å². The summed E-state index contributed by atoms with van der Waals surface area (Å²) in [5, 5.41) is 20.3. The molecule has 2 fully saturated rings. The summed E-state index contributed by atoms with van der Waals surface area (Å²) in [5.41, 5.74) is 5.00. The molecule has 172 valence electrons. The van der Waals surface area contributed by atoms with Crippen LogP contribution in [0, 0.1) is 11.3 Å². The molecule has 5 unspecified atom stereocenters. The molecule has 0 aromatic rings. The number of hydrogen-bond acceptors (Lipinski definition) is 3. The molecular formula is C27H40O3S. The van der Waals surface area contributed by atoms with Gasteiger partial charge in [-0.25, -0.2) is 0 Å². The van der Waals surface area contributed by atoms with Gasteiger partial charge in [0.15, 0.2) is 0 Å². The largest absolute Gasteiger partial charge is 0.393 e. The molecule has 2 N–H and O–H groups in total. The van der Waals surface area contributed by atoms with Gasteiger partial charge in [0, 0.05) is 16.6 Å². The number of aliphatic hydroxyl groups is 2. The van der Waals surface area contributed by atoms with Gasteiger partial charge in [0.25, 0.3) is 0 Å². The molecule has 0 bridgehead atoms. The van der Waals surface area contributed by atoms with Gasteiger partial charge in [0.1, 0.15) is 0 Å². The van der Waals surface area contributed by atoms with Crippen molar-refractivity contribution in [2.75, 3.05) is 0 Å². The summed E-state index contributed by atoms with van der Waals surface area (Å²) in [6.45, 7) is 12.5. The van der Waals surface area contributed by atoms with Crippen molar-refractivity contribution in [3.05, 3.63) is 58.1 Å². The minimum atomic E-state index is -0.874. The Kier molecular flexibility index (Phi) is 7.99. The first-order valence-corrected chi connectivity index (χ1v) is 13.1. The molecule has 0 amide bonds. The van der Waals surface area contributed by atoms with E-state index in [4.69, 9.17) is 0 Å². The Morgan fingerprint density at radius 2 is 2.10 bits per heavy atom. The number of rotatable bonds is 6. The first-order valence-electron chi connectivity index (χ1n) is 11.8. The summed E-state index contributed by atoms with van der Waals surface area (Å²) >= 11 is 0. The number of allylic oxidation sites excluding steroid dienone is 7. The third kappa shape index (κ3) is 5.40. The third-order valence-corrected chi connectivity index (χ3v) is 9.22. The van der Waals surface area contributed by atoms with Crippen molar-refractivity contribution in [2.45, 2.75) is 96.5 Å². The van der Waals surface area contributed by atoms with Crippen LogP contribution >= 0.6 is 0 Å². The predicted molar refractivity (Wildman–Crippen MR) is 131 cm³/mol. The molecule has 5 atom stereocenters. The Labute approximate surface area is 191 Å². The van der Waals surface area contributed by atoms with Gasteiger partial charge in [-0.2, -0.15) is 0 Å². The van der Waals surface area contributed by atoms with Gasteiger partial charge in [-0.15, -0.1) is 0 Å². The maximum atomic E-state index is 12.2. The lowest BCUT2D eigenvalue weighted by atomic mass is 9.63. The maximum absolute atomic E-state index is 12.2. The van der Waals surface area contributed by atoms with Gasteiger partial charge in [-0.05, 0) is 74.3 Å². The van der Waals surface area contributed by atoms with E-state index < -0.39 is 23.0 Å². The maximum Gasteiger partial charge on any atom is 0.0811 e. The molecule has 0 heterocycles. The van der Waals surface area contributed by atoms with Crippen LogP contribution in [-0.2, 0) is 10.8 Å². The molecular weight excluding hydrogens is 404 g/mol. The highest BCUT2D eigenvalue weighted by molar-refractivity contribution is 7.89. The fourth-order valence-corrected chi connectivity index (χ4v) is 6.67. The van der Waals surface area contributed by atoms with Crippen molar-refractivity contribution in [2.24, 2.45) is 11.3 Å². The van der Waals surface area contributed by atoms with E-state index in [-0.39, 0.29) is 10.7 Å². The van der Waals surface area contributed by atoms with Crippen molar-refractivity contribution in [1.29, 1.82) is 0 Å². The van der Waals surface area contributed by atoms with Gasteiger partial charge in [0.05, 0.1) is 23.0 Å². The molecule has 3 nitrogen and oxygen atoms in total. The van der Waals surface area contributed by atoms with E-state index in [1.54, 1.807) is 5.57 Å². The normalized spacial score (nSPS) is 35.6. The molecule has 0 aliphatic heterocycles. The fourth-order valence-electron chi connectivity index (χ4n) is 5.64. The Morgan fingerprint density at radius 3 is 2.81 bits per heavy atom. The van der Waals surface area contributed by atoms with Crippen LogP contribution in [0.2, 0.25) is 0 Å². The molecule has 2 saturated carbocycles. The molecule has 4 heteroatoms. The summed E-state index contributed by atoms with van der Waals surface area (Å²) < 4.78 is 12.2. The molecule has 0 radical (unpaired) electrons. The second-order valence-corrected chi connectivity index (χ2v) is 12.2. The average Bonchev–Trinajstić information content (AvgIpc) is 3.05. The average molecular weight is 445 g/mol. The Hall–Kier alpha value is -1.23. The van der Waals surface area contributed by atoms with E-state index in [1.165, 1.54) is 18.4 Å². The second kappa shape index (κ2) is 10.1. The smallest absolute Gasteiger partial charge is 0.0811 e. The summed E-state index contributed by atoms with van der Waals surface area (Å²) in [6, 6.07) is 0. The van der Waals surface area contributed by atoms with Crippen molar-refractivity contribution in [3.63, 3.8) is 0 Å². The molecule has 3 aliphatic rings. The summed E-state index contributed by atoms with van der Waals surface area (Å²) in [6.07, 6.45) is 15.4. The van der Waals surface area contributed by atoms with Crippen molar-refractivity contribution >= 4 is 10.8 Å². The van der Waals surface area contributed by atoms with Crippen molar-refractivity contribution in [3.8, 4) is 0 Å². The molecule has 0 aromatic heterocycles. The van der Waals surface area contributed by atoms with Gasteiger partial charge < -0.3 is 10.2 Å². The zero-order valence-corrected chi connectivity index (χ0v) is 20.5. The molecule has 0 spiro atoms. The van der Waals surface area contributed by atoms with Crippen LogP contribution in [0.15, 0.2) is 58.1 Å². The van der Waals surface area contributed by atoms with E-state index in [1.807, 2.05) is 20.8 Å². The minimum Gasteiger partial charge on any atom is -0.393 e. The second-order valence-electron chi connectivity index (χ2n) is 10.1. The summed E-state index contributed by atoms with van der Waals surface area (Å²) in [7, 11) is -0.874. The van der Waals surface area contributed by atoms with E-state index in [0.29, 0.717) is 18.8 Å². The first-order chi connectivity index (χ1) is 14.6. The summed E-state index contributed by atoms with van der Waals surface area (Å²) in [4.78, 5) is 1.00. The van der Waals surface area contributed by atoms with Crippen LogP contribution in [0.5, 0.6) is 0 Å². The molecule has 31 heavy (non-hydrogen) atoms. The van der Waals surface area contributed by atoms with Gasteiger partial charge in [0.2, 0.25) is 0 Å². The lowest BCUT2D eigenvalue weighted by Gasteiger charge is -2.41. The molecule has 0 aromatic carbocycles. The highest BCUT2D eigenvalue weighted by Gasteiger charge is 2.44. The van der Waals surface area contributed by atoms with Crippen LogP contribution in [-0.4, -0.2) is 31.9 Å². The zero-order chi connectivity index (χ0) is 22.8. The predicted octanol–water partition coefficient (Wildman–Crippen LogP) is 5.89. The number of fused-ring (bicyclic) bond motifs is 1. The Bertz CT molecular complexity index is 845. The van der Waals surface area contributed by atoms with E-state index in [2.05, 4.69) is 37.8 Å². The fraction of sp³-hybridized carbons (Fsp3) is 0.630. The first kappa shape index (κ1) is 24.4. The number of aliphatic hydroxyl groups excluding tert-OH is 2. The lowest BCUT2D eigenvalue weighted by molar-refractivity contribution is 0.0862. The Morgan fingerprint density at radius 1 is 1.35 bits per heavy atom. The Balaban J connectivity index is 1.70. The van der Waals surface area contributed by atoms with Crippen molar-refractivity contribution in [1.82, 2.24) is 0 Å². The minimum absolute atomic E-state index is 0.173. The number of hydrogen-bond donors (Lipinski definition) is 2. The molecule has 3 aliphatic carbocycles.